The molecule has 200 valence electrons. The van der Waals surface area contributed by atoms with E-state index in [-0.39, 0.29) is 23.8 Å². The van der Waals surface area contributed by atoms with E-state index in [1.807, 2.05) is 49.4 Å². The van der Waals surface area contributed by atoms with Gasteiger partial charge in [0.15, 0.2) is 17.3 Å². The van der Waals surface area contributed by atoms with Crippen molar-refractivity contribution >= 4 is 29.1 Å². The van der Waals surface area contributed by atoms with Gasteiger partial charge in [0.2, 0.25) is 0 Å². The van der Waals surface area contributed by atoms with Crippen LogP contribution in [0.25, 0.3) is 0 Å². The van der Waals surface area contributed by atoms with Crippen LogP contribution in [0.4, 0.5) is 0 Å². The molecule has 3 aliphatic rings. The van der Waals surface area contributed by atoms with Gasteiger partial charge in [0.05, 0.1) is 14.2 Å². The number of hydrogen-bond acceptors (Lipinski definition) is 6. The molecule has 2 aromatic carbocycles. The molecular formula is C31H34ClNO5. The van der Waals surface area contributed by atoms with E-state index in [4.69, 9.17) is 30.8 Å². The summed E-state index contributed by atoms with van der Waals surface area (Å²) in [6, 6.07) is 13.2. The second-order valence-electron chi connectivity index (χ2n) is 10.4. The number of rotatable bonds is 6. The van der Waals surface area contributed by atoms with E-state index in [0.717, 1.165) is 42.5 Å². The maximum atomic E-state index is 13.9. The third-order valence-electron chi connectivity index (χ3n) is 8.10. The Bertz CT molecular complexity index is 1290. The third kappa shape index (κ3) is 5.11. The van der Waals surface area contributed by atoms with Gasteiger partial charge in [-0.25, -0.2) is 0 Å². The normalized spacial score (nSPS) is 23.9. The summed E-state index contributed by atoms with van der Waals surface area (Å²) in [5, 5.41) is 0.532. The van der Waals surface area contributed by atoms with E-state index in [2.05, 4.69) is 0 Å². The molecule has 2 aliphatic carbocycles. The molecular weight excluding hydrogens is 502 g/mol. The molecule has 0 bridgehead atoms. The van der Waals surface area contributed by atoms with Crippen molar-refractivity contribution in [2.24, 2.45) is 10.9 Å². The Morgan fingerprint density at radius 2 is 1.71 bits per heavy atom. The number of allylic oxidation sites excluding steroid dienone is 2. The number of Topliss-reactive ketones (excluding diaryl/α,β-unsaturated/α-hetero) is 1. The van der Waals surface area contributed by atoms with Crippen molar-refractivity contribution in [2.45, 2.75) is 69.8 Å². The monoisotopic (exact) mass is 535 g/mol. The standard InChI is InChI=1S/C31H34ClNO5/c1-18-28(31(35)38-21-9-5-4-6-10-21)29(22-11-7-8-12-23(22)32)30-24(33-18)15-20(16-25(30)34)19-13-14-26(36-2)27(17-19)37-3/h7-8,11-14,17,20-21,28-29H,4-6,9-10,15-16H2,1-3H3/t20-,28?,29-/m1/s1. The molecule has 0 aromatic heterocycles. The smallest absolute Gasteiger partial charge is 0.315 e. The summed E-state index contributed by atoms with van der Waals surface area (Å²) in [5.74, 6) is -0.325. The topological polar surface area (TPSA) is 74.2 Å². The minimum absolute atomic E-state index is 0.0114. The van der Waals surface area contributed by atoms with E-state index in [1.165, 1.54) is 6.42 Å². The number of carbonyl (C=O) groups is 2. The lowest BCUT2D eigenvalue weighted by Gasteiger charge is -2.37. The average molecular weight is 536 g/mol. The van der Waals surface area contributed by atoms with Gasteiger partial charge in [0, 0.05) is 34.3 Å². The lowest BCUT2D eigenvalue weighted by Crippen LogP contribution is -2.39. The van der Waals surface area contributed by atoms with Crippen molar-refractivity contribution in [2.75, 3.05) is 14.2 Å². The Labute approximate surface area is 229 Å². The number of carbonyl (C=O) groups excluding carboxylic acids is 2. The molecule has 0 N–H and O–H groups in total. The van der Waals surface area contributed by atoms with Crippen LogP contribution < -0.4 is 9.47 Å². The lowest BCUT2D eigenvalue weighted by atomic mass is 9.69. The van der Waals surface area contributed by atoms with Crippen LogP contribution in [0, 0.1) is 5.92 Å². The summed E-state index contributed by atoms with van der Waals surface area (Å²) in [7, 11) is 3.20. The van der Waals surface area contributed by atoms with Gasteiger partial charge in [-0.1, -0.05) is 42.3 Å². The minimum Gasteiger partial charge on any atom is -0.493 e. The number of methoxy groups -OCH3 is 2. The zero-order valence-corrected chi connectivity index (χ0v) is 22.9. The van der Waals surface area contributed by atoms with Gasteiger partial charge in [-0.15, -0.1) is 0 Å². The lowest BCUT2D eigenvalue weighted by molar-refractivity contribution is -0.153. The molecule has 5 rings (SSSR count). The first-order valence-electron chi connectivity index (χ1n) is 13.4. The molecule has 1 heterocycles. The zero-order valence-electron chi connectivity index (χ0n) is 22.2. The quantitative estimate of drug-likeness (QED) is 0.380. The number of ketones is 1. The second-order valence-corrected chi connectivity index (χ2v) is 10.8. The van der Waals surface area contributed by atoms with Gasteiger partial charge in [0.25, 0.3) is 0 Å². The molecule has 3 atom stereocenters. The van der Waals surface area contributed by atoms with Gasteiger partial charge >= 0.3 is 5.97 Å². The predicted octanol–water partition coefficient (Wildman–Crippen LogP) is 6.81. The number of aliphatic imine (C=N–C) groups is 1. The molecule has 1 unspecified atom stereocenters. The first-order chi connectivity index (χ1) is 18.4. The molecule has 0 saturated heterocycles. The van der Waals surface area contributed by atoms with Crippen LogP contribution in [0.15, 0.2) is 58.7 Å². The Hall–Kier alpha value is -3.12. The molecule has 1 fully saturated rings. The van der Waals surface area contributed by atoms with Crippen LogP contribution in [0.5, 0.6) is 11.5 Å². The molecule has 7 heteroatoms. The van der Waals surface area contributed by atoms with Crippen LogP contribution in [0.3, 0.4) is 0 Å². The molecule has 1 saturated carbocycles. The number of halogens is 1. The number of hydrogen-bond donors (Lipinski definition) is 0. The Balaban J connectivity index is 1.52. The first-order valence-corrected chi connectivity index (χ1v) is 13.8. The highest BCUT2D eigenvalue weighted by molar-refractivity contribution is 6.31. The van der Waals surface area contributed by atoms with Crippen molar-refractivity contribution in [3.05, 3.63) is 69.9 Å². The number of ether oxygens (including phenoxy) is 3. The highest BCUT2D eigenvalue weighted by Crippen LogP contribution is 2.49. The SMILES string of the molecule is COc1ccc([C@H]2CC(=O)C3=C(C2)N=C(C)C(C(=O)OC2CCCCC2)[C@H]3c2ccccc2Cl)cc1OC. The predicted molar refractivity (Wildman–Crippen MR) is 147 cm³/mol. The fourth-order valence-electron chi connectivity index (χ4n) is 6.19. The van der Waals surface area contributed by atoms with Crippen LogP contribution in [-0.2, 0) is 14.3 Å². The number of nitrogens with zero attached hydrogens (tertiary/aromatic N) is 1. The molecule has 0 amide bonds. The highest BCUT2D eigenvalue weighted by Gasteiger charge is 2.46. The van der Waals surface area contributed by atoms with Crippen molar-refractivity contribution in [3.63, 3.8) is 0 Å². The van der Waals surface area contributed by atoms with Gasteiger partial charge in [-0.3, -0.25) is 14.6 Å². The Morgan fingerprint density at radius 1 is 0.974 bits per heavy atom. The van der Waals surface area contributed by atoms with Crippen LogP contribution in [0.2, 0.25) is 5.02 Å². The maximum Gasteiger partial charge on any atom is 0.315 e. The van der Waals surface area contributed by atoms with Crippen molar-refractivity contribution < 1.29 is 23.8 Å². The van der Waals surface area contributed by atoms with Crippen molar-refractivity contribution in [1.82, 2.24) is 0 Å². The fraction of sp³-hybridized carbons (Fsp3) is 0.452. The summed E-state index contributed by atoms with van der Waals surface area (Å²) in [5.41, 5.74) is 3.73. The van der Waals surface area contributed by atoms with E-state index < -0.39 is 11.8 Å². The summed E-state index contributed by atoms with van der Waals surface area (Å²) < 4.78 is 16.9. The first kappa shape index (κ1) is 26.5. The fourth-order valence-corrected chi connectivity index (χ4v) is 6.44. The second kappa shape index (κ2) is 11.3. The van der Waals surface area contributed by atoms with E-state index in [1.54, 1.807) is 14.2 Å². The molecule has 1 aliphatic heterocycles. The summed E-state index contributed by atoms with van der Waals surface area (Å²) >= 11 is 6.68. The van der Waals surface area contributed by atoms with E-state index >= 15 is 0 Å². The zero-order chi connectivity index (χ0) is 26.8. The molecule has 6 nitrogen and oxygen atoms in total. The third-order valence-corrected chi connectivity index (χ3v) is 8.44. The largest absolute Gasteiger partial charge is 0.493 e. The van der Waals surface area contributed by atoms with Gasteiger partial charge in [0.1, 0.15) is 12.0 Å². The highest BCUT2D eigenvalue weighted by atomic mass is 35.5. The summed E-state index contributed by atoms with van der Waals surface area (Å²) in [6.07, 6.45) is 5.88. The molecule has 2 aromatic rings. The minimum atomic E-state index is -0.683. The van der Waals surface area contributed by atoms with E-state index in [0.29, 0.717) is 40.6 Å². The van der Waals surface area contributed by atoms with Crippen molar-refractivity contribution in [3.8, 4) is 11.5 Å². The molecule has 0 spiro atoms. The summed E-state index contributed by atoms with van der Waals surface area (Å²) in [6.45, 7) is 1.87. The van der Waals surface area contributed by atoms with Crippen LogP contribution >= 0.6 is 11.6 Å². The molecule has 38 heavy (non-hydrogen) atoms. The average Bonchev–Trinajstić information content (AvgIpc) is 2.92. The van der Waals surface area contributed by atoms with Gasteiger partial charge in [-0.05, 0) is 74.3 Å². The van der Waals surface area contributed by atoms with Crippen LogP contribution in [0.1, 0.15) is 74.8 Å². The Morgan fingerprint density at radius 3 is 2.42 bits per heavy atom. The van der Waals surface area contributed by atoms with Gasteiger partial charge in [-0.2, -0.15) is 0 Å². The van der Waals surface area contributed by atoms with E-state index in [9.17, 15) is 9.59 Å². The number of benzene rings is 2. The Kier molecular flexibility index (Phi) is 7.89. The molecule has 0 radical (unpaired) electrons. The van der Waals surface area contributed by atoms with Crippen molar-refractivity contribution in [1.29, 1.82) is 0 Å². The maximum absolute atomic E-state index is 13.9. The van der Waals surface area contributed by atoms with Gasteiger partial charge < -0.3 is 14.2 Å². The number of esters is 1. The summed E-state index contributed by atoms with van der Waals surface area (Å²) in [4.78, 5) is 32.4. The van der Waals surface area contributed by atoms with Crippen LogP contribution in [-0.4, -0.2) is 37.8 Å².